The molecule has 0 atom stereocenters. The summed E-state index contributed by atoms with van der Waals surface area (Å²) < 4.78 is 0. The van der Waals surface area contributed by atoms with Crippen LogP contribution in [0, 0.1) is 0 Å². The van der Waals surface area contributed by atoms with Gasteiger partial charge in [-0.15, -0.1) is 12.4 Å². The molecule has 0 saturated carbocycles. The number of aromatic nitrogens is 2. The molecule has 2 amide bonds. The van der Waals surface area contributed by atoms with Gasteiger partial charge in [-0.05, 0) is 24.3 Å². The first-order chi connectivity index (χ1) is 12.6. The largest absolute Gasteiger partial charge is 0.335 e. The summed E-state index contributed by atoms with van der Waals surface area (Å²) >= 11 is 5.87. The quantitative estimate of drug-likeness (QED) is 0.790. The highest BCUT2D eigenvalue weighted by Gasteiger charge is 2.29. The van der Waals surface area contributed by atoms with Crippen molar-refractivity contribution in [3.05, 3.63) is 51.8 Å². The van der Waals surface area contributed by atoms with Crippen molar-refractivity contribution in [2.45, 2.75) is 13.0 Å². The molecular weight excluding hydrogens is 389 g/mol. The van der Waals surface area contributed by atoms with Gasteiger partial charge >= 0.3 is 0 Å². The molecule has 0 bridgehead atoms. The SMILES string of the molecule is Cl.O=C(c1ccc(Cl)cc1)N1CCN(C(=O)c2n[nH]c3c2CNCC3)CC1. The maximum atomic E-state index is 12.8. The molecule has 0 radical (unpaired) electrons. The second kappa shape index (κ2) is 8.29. The molecule has 2 aliphatic heterocycles. The van der Waals surface area contributed by atoms with Gasteiger partial charge in [-0.2, -0.15) is 5.10 Å². The maximum Gasteiger partial charge on any atom is 0.274 e. The third kappa shape index (κ3) is 3.95. The molecule has 2 N–H and O–H groups in total. The van der Waals surface area contributed by atoms with E-state index in [-0.39, 0.29) is 24.2 Å². The van der Waals surface area contributed by atoms with Gasteiger partial charge in [0.15, 0.2) is 5.69 Å². The van der Waals surface area contributed by atoms with Gasteiger partial charge in [-0.25, -0.2) is 0 Å². The molecule has 27 heavy (non-hydrogen) atoms. The van der Waals surface area contributed by atoms with Crippen molar-refractivity contribution in [1.29, 1.82) is 0 Å². The summed E-state index contributed by atoms with van der Waals surface area (Å²) in [4.78, 5) is 28.9. The smallest absolute Gasteiger partial charge is 0.274 e. The predicted octanol–water partition coefficient (Wildman–Crippen LogP) is 1.73. The van der Waals surface area contributed by atoms with Crippen LogP contribution in [-0.2, 0) is 13.0 Å². The van der Waals surface area contributed by atoms with Gasteiger partial charge in [0.05, 0.1) is 0 Å². The van der Waals surface area contributed by atoms with Crippen LogP contribution in [-0.4, -0.2) is 64.5 Å². The van der Waals surface area contributed by atoms with Crippen molar-refractivity contribution in [3.63, 3.8) is 0 Å². The van der Waals surface area contributed by atoms with E-state index < -0.39 is 0 Å². The Hall–Kier alpha value is -2.09. The number of rotatable bonds is 2. The molecule has 2 aromatic rings. The van der Waals surface area contributed by atoms with Crippen LogP contribution in [0.5, 0.6) is 0 Å². The van der Waals surface area contributed by atoms with Gasteiger partial charge in [-0.1, -0.05) is 11.6 Å². The van der Waals surface area contributed by atoms with Crippen LogP contribution in [0.1, 0.15) is 32.1 Å². The highest BCUT2D eigenvalue weighted by Crippen LogP contribution is 2.18. The zero-order chi connectivity index (χ0) is 18.1. The van der Waals surface area contributed by atoms with Gasteiger partial charge in [0.1, 0.15) is 0 Å². The molecule has 3 heterocycles. The molecule has 4 rings (SSSR count). The Kier molecular flexibility index (Phi) is 6.04. The number of amides is 2. The molecule has 2 aliphatic rings. The van der Waals surface area contributed by atoms with Crippen molar-refractivity contribution >= 4 is 35.8 Å². The lowest BCUT2D eigenvalue weighted by Gasteiger charge is -2.34. The number of carbonyl (C=O) groups excluding carboxylic acids is 2. The zero-order valence-corrected chi connectivity index (χ0v) is 16.3. The standard InChI is InChI=1S/C18H20ClN5O2.ClH/c19-13-3-1-12(2-4-13)17(25)23-7-9-24(10-8-23)18(26)16-14-11-20-6-5-15(14)21-22-16;/h1-4,20H,5-11H2,(H,21,22);1H. The van der Waals surface area contributed by atoms with Crippen LogP contribution in [0.4, 0.5) is 0 Å². The number of hydrogen-bond acceptors (Lipinski definition) is 4. The van der Waals surface area contributed by atoms with Crippen molar-refractivity contribution in [2.75, 3.05) is 32.7 Å². The van der Waals surface area contributed by atoms with E-state index in [0.29, 0.717) is 49.0 Å². The zero-order valence-electron chi connectivity index (χ0n) is 14.7. The minimum Gasteiger partial charge on any atom is -0.335 e. The van der Waals surface area contributed by atoms with Gasteiger partial charge in [0.2, 0.25) is 0 Å². The lowest BCUT2D eigenvalue weighted by atomic mass is 10.1. The first kappa shape index (κ1) is 19.7. The number of H-pyrrole nitrogens is 1. The predicted molar refractivity (Wildman–Crippen MR) is 105 cm³/mol. The third-order valence-corrected chi connectivity index (χ3v) is 5.21. The van der Waals surface area contributed by atoms with Crippen molar-refractivity contribution in [3.8, 4) is 0 Å². The fourth-order valence-electron chi connectivity index (χ4n) is 3.44. The van der Waals surface area contributed by atoms with E-state index in [9.17, 15) is 9.59 Å². The van der Waals surface area contributed by atoms with E-state index in [1.807, 2.05) is 0 Å². The number of hydrogen-bond donors (Lipinski definition) is 2. The van der Waals surface area contributed by atoms with Crippen molar-refractivity contribution < 1.29 is 9.59 Å². The van der Waals surface area contributed by atoms with Crippen LogP contribution in [0.25, 0.3) is 0 Å². The minimum absolute atomic E-state index is 0. The van der Waals surface area contributed by atoms with Gasteiger partial charge < -0.3 is 15.1 Å². The highest BCUT2D eigenvalue weighted by atomic mass is 35.5. The van der Waals surface area contributed by atoms with Gasteiger partial charge in [0.25, 0.3) is 11.8 Å². The van der Waals surface area contributed by atoms with Crippen molar-refractivity contribution in [2.24, 2.45) is 0 Å². The molecule has 0 unspecified atom stereocenters. The summed E-state index contributed by atoms with van der Waals surface area (Å²) in [5, 5.41) is 11.1. The summed E-state index contributed by atoms with van der Waals surface area (Å²) in [5.74, 6) is -0.0973. The molecular formula is C18H21Cl2N5O2. The monoisotopic (exact) mass is 409 g/mol. The first-order valence-corrected chi connectivity index (χ1v) is 9.12. The summed E-state index contributed by atoms with van der Waals surface area (Å²) in [7, 11) is 0. The summed E-state index contributed by atoms with van der Waals surface area (Å²) in [6.07, 6.45) is 0.860. The molecule has 1 aromatic carbocycles. The highest BCUT2D eigenvalue weighted by molar-refractivity contribution is 6.30. The van der Waals surface area contributed by atoms with E-state index in [1.165, 1.54) is 0 Å². The molecule has 0 spiro atoms. The molecule has 1 saturated heterocycles. The Morgan fingerprint density at radius 1 is 1.00 bits per heavy atom. The Bertz CT molecular complexity index is 829. The Morgan fingerprint density at radius 2 is 1.63 bits per heavy atom. The fourth-order valence-corrected chi connectivity index (χ4v) is 3.57. The number of carbonyl (C=O) groups is 2. The molecule has 144 valence electrons. The normalized spacial score (nSPS) is 16.5. The number of aromatic amines is 1. The van der Waals surface area contributed by atoms with Crippen molar-refractivity contribution in [1.82, 2.24) is 25.3 Å². The fraction of sp³-hybridized carbons (Fsp3) is 0.389. The number of piperazine rings is 1. The topological polar surface area (TPSA) is 81.3 Å². The molecule has 1 fully saturated rings. The number of benzene rings is 1. The Balaban J connectivity index is 0.00000210. The second-order valence-corrected chi connectivity index (χ2v) is 6.98. The van der Waals surface area contributed by atoms with Crippen LogP contribution in [0.15, 0.2) is 24.3 Å². The molecule has 7 nitrogen and oxygen atoms in total. The lowest BCUT2D eigenvalue weighted by Crippen LogP contribution is -2.50. The average Bonchev–Trinajstić information content (AvgIpc) is 3.12. The van der Waals surface area contributed by atoms with E-state index >= 15 is 0 Å². The Morgan fingerprint density at radius 3 is 2.30 bits per heavy atom. The number of halogens is 2. The first-order valence-electron chi connectivity index (χ1n) is 8.74. The molecule has 0 aliphatic carbocycles. The Labute approximate surface area is 168 Å². The maximum absolute atomic E-state index is 12.8. The van der Waals surface area contributed by atoms with Gasteiger partial charge in [-0.3, -0.25) is 14.7 Å². The van der Waals surface area contributed by atoms with E-state index in [4.69, 9.17) is 11.6 Å². The minimum atomic E-state index is -0.0650. The second-order valence-electron chi connectivity index (χ2n) is 6.55. The molecule has 9 heteroatoms. The van der Waals surface area contributed by atoms with Crippen LogP contribution < -0.4 is 5.32 Å². The van der Waals surface area contributed by atoms with E-state index in [1.54, 1.807) is 34.1 Å². The van der Waals surface area contributed by atoms with E-state index in [2.05, 4.69) is 15.5 Å². The molecule has 1 aromatic heterocycles. The number of nitrogens with one attached hydrogen (secondary N) is 2. The number of nitrogens with zero attached hydrogens (tertiary/aromatic N) is 3. The van der Waals surface area contributed by atoms with Crippen LogP contribution in [0.3, 0.4) is 0 Å². The summed E-state index contributed by atoms with van der Waals surface area (Å²) in [6, 6.07) is 6.88. The number of fused-ring (bicyclic) bond motifs is 1. The van der Waals surface area contributed by atoms with Crippen LogP contribution >= 0.6 is 24.0 Å². The van der Waals surface area contributed by atoms with Gasteiger partial charge in [0, 0.05) is 67.5 Å². The average molecular weight is 410 g/mol. The van der Waals surface area contributed by atoms with Crippen LogP contribution in [0.2, 0.25) is 5.02 Å². The summed E-state index contributed by atoms with van der Waals surface area (Å²) in [5.41, 5.74) is 3.14. The lowest BCUT2D eigenvalue weighted by molar-refractivity contribution is 0.0531. The third-order valence-electron chi connectivity index (χ3n) is 4.95. The summed E-state index contributed by atoms with van der Waals surface area (Å²) in [6.45, 7) is 3.60. The van der Waals surface area contributed by atoms with E-state index in [0.717, 1.165) is 24.2 Å².